The van der Waals surface area contributed by atoms with Gasteiger partial charge in [-0.1, -0.05) is 6.92 Å². The minimum absolute atomic E-state index is 0.0184. The van der Waals surface area contributed by atoms with Gasteiger partial charge < -0.3 is 19.7 Å². The summed E-state index contributed by atoms with van der Waals surface area (Å²) in [6, 6.07) is 4.54. The van der Waals surface area contributed by atoms with E-state index in [2.05, 4.69) is 5.32 Å². The second kappa shape index (κ2) is 10.9. The van der Waals surface area contributed by atoms with Crippen LogP contribution in [0.2, 0.25) is 0 Å². The summed E-state index contributed by atoms with van der Waals surface area (Å²) in [6.07, 6.45) is -3.81. The van der Waals surface area contributed by atoms with Crippen molar-refractivity contribution in [2.45, 2.75) is 51.4 Å². The Morgan fingerprint density at radius 2 is 1.94 bits per heavy atom. The van der Waals surface area contributed by atoms with Gasteiger partial charge in [0.25, 0.3) is 5.91 Å². The molecule has 1 N–H and O–H groups in total. The van der Waals surface area contributed by atoms with Gasteiger partial charge >= 0.3 is 6.18 Å². The molecule has 0 bridgehead atoms. The quantitative estimate of drug-likeness (QED) is 0.687. The van der Waals surface area contributed by atoms with Crippen LogP contribution >= 0.6 is 0 Å². The Labute approximate surface area is 198 Å². The van der Waals surface area contributed by atoms with E-state index < -0.39 is 12.6 Å². The third-order valence-electron chi connectivity index (χ3n) is 6.47. The van der Waals surface area contributed by atoms with Crippen molar-refractivity contribution in [1.82, 2.24) is 9.80 Å². The summed E-state index contributed by atoms with van der Waals surface area (Å²) in [5, 5.41) is 2.85. The van der Waals surface area contributed by atoms with Crippen LogP contribution < -0.4 is 10.1 Å². The fourth-order valence-corrected chi connectivity index (χ4v) is 4.10. The number of likely N-dealkylation sites (N-methyl/N-ethyl adjacent to an activating group) is 1. The second-order valence-corrected chi connectivity index (χ2v) is 9.43. The van der Waals surface area contributed by atoms with Crippen LogP contribution in [0, 0.1) is 11.8 Å². The van der Waals surface area contributed by atoms with Gasteiger partial charge in [-0.3, -0.25) is 14.5 Å². The molecule has 1 saturated carbocycles. The maximum Gasteiger partial charge on any atom is 0.390 e. The maximum atomic E-state index is 13.2. The van der Waals surface area contributed by atoms with Crippen LogP contribution in [0.25, 0.3) is 0 Å². The molecule has 1 aliphatic heterocycles. The van der Waals surface area contributed by atoms with Gasteiger partial charge in [0, 0.05) is 57.5 Å². The lowest BCUT2D eigenvalue weighted by Gasteiger charge is -2.36. The van der Waals surface area contributed by atoms with Crippen LogP contribution in [0.3, 0.4) is 0 Å². The maximum absolute atomic E-state index is 13.2. The van der Waals surface area contributed by atoms with E-state index in [1.54, 1.807) is 37.3 Å². The van der Waals surface area contributed by atoms with Gasteiger partial charge in [-0.25, -0.2) is 0 Å². The summed E-state index contributed by atoms with van der Waals surface area (Å²) in [7, 11) is 3.20. The highest BCUT2D eigenvalue weighted by Gasteiger charge is 2.33. The van der Waals surface area contributed by atoms with E-state index in [9.17, 15) is 22.8 Å². The molecule has 0 saturated heterocycles. The topological polar surface area (TPSA) is 71.1 Å². The highest BCUT2D eigenvalue weighted by atomic mass is 19.4. The molecule has 190 valence electrons. The molecule has 10 heteroatoms. The molecule has 1 fully saturated rings. The number of ether oxygens (including phenoxy) is 2. The van der Waals surface area contributed by atoms with Crippen LogP contribution in [0.4, 0.5) is 18.9 Å². The van der Waals surface area contributed by atoms with Gasteiger partial charge in [0.15, 0.2) is 0 Å². The summed E-state index contributed by atoms with van der Waals surface area (Å²) >= 11 is 0. The number of hydrogen-bond donors (Lipinski definition) is 1. The van der Waals surface area contributed by atoms with Gasteiger partial charge in [0.2, 0.25) is 5.91 Å². The lowest BCUT2D eigenvalue weighted by Crippen LogP contribution is -2.47. The molecule has 1 heterocycles. The average Bonchev–Trinajstić information content (AvgIpc) is 3.62. The van der Waals surface area contributed by atoms with Crippen LogP contribution in [-0.4, -0.2) is 80.3 Å². The second-order valence-electron chi connectivity index (χ2n) is 9.43. The molecule has 1 aromatic carbocycles. The Morgan fingerprint density at radius 3 is 2.56 bits per heavy atom. The summed E-state index contributed by atoms with van der Waals surface area (Å²) in [5.41, 5.74) is 0.840. The van der Waals surface area contributed by atoms with E-state index in [1.165, 1.54) is 4.90 Å². The number of fused-ring (bicyclic) bond motifs is 1. The number of carbonyl (C=O) groups is 2. The molecular weight excluding hydrogens is 451 g/mol. The molecule has 0 spiro atoms. The van der Waals surface area contributed by atoms with Crippen molar-refractivity contribution < 1.29 is 32.2 Å². The van der Waals surface area contributed by atoms with E-state index in [4.69, 9.17) is 9.47 Å². The van der Waals surface area contributed by atoms with E-state index in [1.807, 2.05) is 13.8 Å². The molecule has 1 aliphatic carbocycles. The van der Waals surface area contributed by atoms with Crippen LogP contribution in [0.15, 0.2) is 18.2 Å². The molecule has 2 aliphatic rings. The van der Waals surface area contributed by atoms with Crippen molar-refractivity contribution in [2.24, 2.45) is 11.8 Å². The predicted molar refractivity (Wildman–Crippen MR) is 122 cm³/mol. The molecule has 34 heavy (non-hydrogen) atoms. The summed E-state index contributed by atoms with van der Waals surface area (Å²) in [5.74, 6) is -0.137. The van der Waals surface area contributed by atoms with Crippen molar-refractivity contribution in [3.05, 3.63) is 23.8 Å². The summed E-state index contributed by atoms with van der Waals surface area (Å²) in [6.45, 7) is 4.29. The number of nitrogens with one attached hydrogen (secondary N) is 1. The number of anilines is 1. The highest BCUT2D eigenvalue weighted by Crippen LogP contribution is 2.32. The molecule has 0 unspecified atom stereocenters. The zero-order chi connectivity index (χ0) is 25.0. The largest absolute Gasteiger partial charge is 0.491 e. The third kappa shape index (κ3) is 7.09. The van der Waals surface area contributed by atoms with E-state index >= 15 is 0 Å². The first-order valence-electron chi connectivity index (χ1n) is 11.6. The summed E-state index contributed by atoms with van der Waals surface area (Å²) in [4.78, 5) is 28.7. The predicted octanol–water partition coefficient (Wildman–Crippen LogP) is 3.79. The Bertz CT molecular complexity index is 876. The molecule has 1 aromatic rings. The van der Waals surface area contributed by atoms with Gasteiger partial charge in [0.05, 0.1) is 18.1 Å². The standard InChI is InChI=1S/C24H34F3N3O4/c1-15-12-30(10-9-24(25,26)27)16(2)14-34-20-11-18(28-22(31)17-5-6-17)7-8-19(20)23(32)29(3)13-21(15)33-4/h7-8,11,15-17,21H,5-6,9-10,12-14H2,1-4H3,(H,28,31)/t15-,16-,21-/m0/s1. The highest BCUT2D eigenvalue weighted by molar-refractivity contribution is 5.99. The van der Waals surface area contributed by atoms with Crippen molar-refractivity contribution in [3.63, 3.8) is 0 Å². The van der Waals surface area contributed by atoms with Gasteiger partial charge in [-0.15, -0.1) is 0 Å². The molecular formula is C24H34F3N3O4. The Hall–Kier alpha value is -2.33. The first-order chi connectivity index (χ1) is 16.0. The van der Waals surface area contributed by atoms with Crippen LogP contribution in [0.1, 0.15) is 43.5 Å². The van der Waals surface area contributed by atoms with Gasteiger partial charge in [0.1, 0.15) is 12.4 Å². The number of hydrogen-bond acceptors (Lipinski definition) is 5. The summed E-state index contributed by atoms with van der Waals surface area (Å²) < 4.78 is 50.5. The number of rotatable bonds is 5. The van der Waals surface area contributed by atoms with E-state index in [0.29, 0.717) is 17.8 Å². The number of methoxy groups -OCH3 is 1. The van der Waals surface area contributed by atoms with E-state index in [0.717, 1.165) is 12.8 Å². The van der Waals surface area contributed by atoms with Crippen molar-refractivity contribution in [2.75, 3.05) is 45.7 Å². The van der Waals surface area contributed by atoms with Crippen molar-refractivity contribution in [3.8, 4) is 5.75 Å². The van der Waals surface area contributed by atoms with Crippen molar-refractivity contribution >= 4 is 17.5 Å². The number of halogens is 3. The first-order valence-corrected chi connectivity index (χ1v) is 11.6. The number of alkyl halides is 3. The Balaban J connectivity index is 1.88. The molecule has 0 aromatic heterocycles. The number of benzene rings is 1. The average molecular weight is 486 g/mol. The lowest BCUT2D eigenvalue weighted by molar-refractivity contribution is -0.140. The lowest BCUT2D eigenvalue weighted by atomic mass is 10.0. The third-order valence-corrected chi connectivity index (χ3v) is 6.47. The van der Waals surface area contributed by atoms with E-state index in [-0.39, 0.29) is 61.2 Å². The zero-order valence-electron chi connectivity index (χ0n) is 20.2. The SMILES string of the molecule is CO[C@H]1CN(C)C(=O)c2ccc(NC(=O)C3CC3)cc2OC[C@H](C)N(CCC(F)(F)F)C[C@@H]1C. The van der Waals surface area contributed by atoms with Crippen molar-refractivity contribution in [1.29, 1.82) is 0 Å². The first kappa shape index (κ1) is 26.3. The normalized spacial score (nSPS) is 25.1. The van der Waals surface area contributed by atoms with Gasteiger partial charge in [-0.05, 0) is 37.8 Å². The number of carbonyl (C=O) groups excluding carboxylic acids is 2. The molecule has 2 amide bonds. The minimum Gasteiger partial charge on any atom is -0.491 e. The number of nitrogens with zero attached hydrogens (tertiary/aromatic N) is 2. The fraction of sp³-hybridized carbons (Fsp3) is 0.667. The molecule has 3 rings (SSSR count). The van der Waals surface area contributed by atoms with Crippen LogP contribution in [0.5, 0.6) is 5.75 Å². The van der Waals surface area contributed by atoms with Crippen LogP contribution in [-0.2, 0) is 9.53 Å². The molecule has 7 nitrogen and oxygen atoms in total. The monoisotopic (exact) mass is 485 g/mol. The smallest absolute Gasteiger partial charge is 0.390 e. The molecule has 3 atom stereocenters. The number of amides is 2. The zero-order valence-corrected chi connectivity index (χ0v) is 20.2. The Kier molecular flexibility index (Phi) is 8.46. The minimum atomic E-state index is -4.26. The molecule has 0 radical (unpaired) electrons. The Morgan fingerprint density at radius 1 is 1.24 bits per heavy atom. The van der Waals surface area contributed by atoms with Gasteiger partial charge in [-0.2, -0.15) is 13.2 Å². The fourth-order valence-electron chi connectivity index (χ4n) is 4.10.